The minimum absolute atomic E-state index is 0.0383. The summed E-state index contributed by atoms with van der Waals surface area (Å²) < 4.78 is 37.1. The summed E-state index contributed by atoms with van der Waals surface area (Å²) in [6.45, 7) is 4.78. The highest BCUT2D eigenvalue weighted by atomic mass is 79.9. The van der Waals surface area contributed by atoms with Gasteiger partial charge in [0.15, 0.2) is 0 Å². The van der Waals surface area contributed by atoms with E-state index >= 15 is 0 Å². The van der Waals surface area contributed by atoms with Crippen LogP contribution in [0.4, 0.5) is 11.4 Å². The summed E-state index contributed by atoms with van der Waals surface area (Å²) in [6.07, 6.45) is 3.25. The normalized spacial score (nSPS) is 16.0. The van der Waals surface area contributed by atoms with E-state index in [4.69, 9.17) is 4.42 Å². The predicted molar refractivity (Wildman–Crippen MR) is 195 cm³/mol. The largest absolute Gasteiger partial charge is 0.475 e. The second kappa shape index (κ2) is 13.3. The van der Waals surface area contributed by atoms with Gasteiger partial charge in [0, 0.05) is 48.1 Å². The quantitative estimate of drug-likeness (QED) is 0.163. The van der Waals surface area contributed by atoms with E-state index in [2.05, 4.69) is 20.8 Å². The number of carboxylic acid groups (broad SMARTS) is 1. The lowest BCUT2D eigenvalue weighted by molar-refractivity contribution is 0.0663. The monoisotopic (exact) mass is 761 g/mol. The molecule has 0 saturated carbocycles. The van der Waals surface area contributed by atoms with Crippen molar-refractivity contribution in [1.29, 1.82) is 0 Å². The molecular weight excluding hydrogens is 726 g/mol. The van der Waals surface area contributed by atoms with Crippen molar-refractivity contribution < 1.29 is 27.5 Å². The summed E-state index contributed by atoms with van der Waals surface area (Å²) >= 11 is 4.97. The summed E-state index contributed by atoms with van der Waals surface area (Å²) in [4.78, 5) is 30.0. The molecule has 1 spiro atoms. The molecule has 254 valence electrons. The third kappa shape index (κ3) is 6.37. The molecule has 1 amide bonds. The molecule has 0 atom stereocenters. The third-order valence-corrected chi connectivity index (χ3v) is 13.6. The van der Waals surface area contributed by atoms with Crippen molar-refractivity contribution in [3.05, 3.63) is 110 Å². The van der Waals surface area contributed by atoms with Crippen molar-refractivity contribution in [2.24, 2.45) is 5.41 Å². The number of benzene rings is 3. The average molecular weight is 763 g/mol. The van der Waals surface area contributed by atoms with Gasteiger partial charge in [-0.1, -0.05) is 42.5 Å². The molecule has 7 rings (SSSR count). The number of para-hydroxylation sites is 2. The van der Waals surface area contributed by atoms with Crippen LogP contribution in [0.1, 0.15) is 50.6 Å². The van der Waals surface area contributed by atoms with Gasteiger partial charge in [0.25, 0.3) is 15.9 Å². The molecule has 5 aromatic rings. The molecule has 2 saturated heterocycles. The highest BCUT2D eigenvalue weighted by molar-refractivity contribution is 9.10. The van der Waals surface area contributed by atoms with E-state index in [1.165, 1.54) is 33.8 Å². The Balaban J connectivity index is 1.18. The standard InChI is InChI=1S/C37H36BrN3O6S2/c1-25-28-23-27(11-12-32(28)47-33(25)36(43)44)49(45,46)41(18-13-26-7-3-2-4-8-26)31-10-6-5-9-30(31)39-19-15-37(16-20-39)17-21-40(24-37)35(42)34-29(38)14-22-48-34/h2-12,14,22-23H,13,15-21,24H2,1H3,(H,43,44). The maximum atomic E-state index is 14.6. The van der Waals surface area contributed by atoms with Crippen LogP contribution in [0, 0.1) is 12.3 Å². The Labute approximate surface area is 297 Å². The minimum atomic E-state index is -4.10. The smallest absolute Gasteiger partial charge is 0.372 e. The molecule has 2 aromatic heterocycles. The number of piperidine rings is 1. The number of aryl methyl sites for hydroxylation is 1. The van der Waals surface area contributed by atoms with Crippen LogP contribution in [-0.4, -0.2) is 63.0 Å². The number of hydrogen-bond acceptors (Lipinski definition) is 7. The zero-order valence-electron chi connectivity index (χ0n) is 27.0. The van der Waals surface area contributed by atoms with Gasteiger partial charge >= 0.3 is 5.97 Å². The molecule has 0 radical (unpaired) electrons. The molecule has 4 heterocycles. The Kier molecular flexibility index (Phi) is 9.06. The number of carboxylic acids is 1. The Morgan fingerprint density at radius 3 is 2.41 bits per heavy atom. The van der Waals surface area contributed by atoms with Gasteiger partial charge in [0.05, 0.1) is 16.3 Å². The van der Waals surface area contributed by atoms with Crippen molar-refractivity contribution in [1.82, 2.24) is 4.90 Å². The van der Waals surface area contributed by atoms with E-state index < -0.39 is 16.0 Å². The average Bonchev–Trinajstić information content (AvgIpc) is 3.82. The van der Waals surface area contributed by atoms with E-state index in [9.17, 15) is 23.1 Å². The van der Waals surface area contributed by atoms with Crippen molar-refractivity contribution in [2.75, 3.05) is 41.9 Å². The number of likely N-dealkylation sites (tertiary alicyclic amines) is 1. The Hall–Kier alpha value is -4.13. The van der Waals surface area contributed by atoms with E-state index in [1.54, 1.807) is 6.92 Å². The number of rotatable bonds is 9. The van der Waals surface area contributed by atoms with Gasteiger partial charge in [-0.25, -0.2) is 13.2 Å². The number of nitrogens with zero attached hydrogens (tertiary/aromatic N) is 3. The lowest BCUT2D eigenvalue weighted by Gasteiger charge is -2.41. The SMILES string of the molecule is Cc1c(C(=O)O)oc2ccc(S(=O)(=O)N(CCc3ccccc3)c3ccccc3N3CCC4(CCN(C(=O)c5sccc5Br)C4)CC3)cc12. The van der Waals surface area contributed by atoms with Crippen LogP contribution in [0.5, 0.6) is 0 Å². The Morgan fingerprint density at radius 1 is 0.980 bits per heavy atom. The molecular formula is C37H36BrN3O6S2. The van der Waals surface area contributed by atoms with Gasteiger partial charge in [-0.05, 0) is 101 Å². The number of aromatic carboxylic acids is 1. The maximum Gasteiger partial charge on any atom is 0.372 e. The highest BCUT2D eigenvalue weighted by Gasteiger charge is 2.43. The molecule has 0 bridgehead atoms. The van der Waals surface area contributed by atoms with Gasteiger partial charge in [-0.2, -0.15) is 0 Å². The number of amides is 1. The molecule has 9 nitrogen and oxygen atoms in total. The summed E-state index contributed by atoms with van der Waals surface area (Å²) in [5, 5.41) is 12.0. The molecule has 2 fully saturated rings. The Morgan fingerprint density at radius 2 is 1.69 bits per heavy atom. The van der Waals surface area contributed by atoms with Crippen molar-refractivity contribution >= 4 is 71.5 Å². The number of thiophene rings is 1. The number of hydrogen-bond donors (Lipinski definition) is 1. The lowest BCUT2D eigenvalue weighted by Crippen LogP contribution is -2.43. The summed E-state index contributed by atoms with van der Waals surface area (Å²) in [5.74, 6) is -1.33. The van der Waals surface area contributed by atoms with Crippen LogP contribution in [0.25, 0.3) is 11.0 Å². The minimum Gasteiger partial charge on any atom is -0.475 e. The highest BCUT2D eigenvalue weighted by Crippen LogP contribution is 2.44. The molecule has 2 aliphatic heterocycles. The number of fused-ring (bicyclic) bond motifs is 1. The number of sulfonamides is 1. The van der Waals surface area contributed by atoms with E-state index in [1.807, 2.05) is 70.9 Å². The fourth-order valence-electron chi connectivity index (χ4n) is 7.21. The molecule has 49 heavy (non-hydrogen) atoms. The van der Waals surface area contributed by atoms with Gasteiger partial charge < -0.3 is 19.3 Å². The molecule has 0 aliphatic carbocycles. The van der Waals surface area contributed by atoms with Crippen molar-refractivity contribution in [2.45, 2.75) is 37.5 Å². The third-order valence-electron chi connectivity index (χ3n) is 9.99. The first-order chi connectivity index (χ1) is 23.6. The zero-order chi connectivity index (χ0) is 34.3. The van der Waals surface area contributed by atoms with Crippen LogP contribution in [-0.2, 0) is 16.4 Å². The molecule has 2 aliphatic rings. The van der Waals surface area contributed by atoms with Crippen LogP contribution in [0.2, 0.25) is 0 Å². The van der Waals surface area contributed by atoms with E-state index in [0.717, 1.165) is 66.0 Å². The van der Waals surface area contributed by atoms with Gasteiger partial charge in [0.2, 0.25) is 5.76 Å². The molecule has 12 heteroatoms. The molecule has 0 unspecified atom stereocenters. The predicted octanol–water partition coefficient (Wildman–Crippen LogP) is 7.83. The van der Waals surface area contributed by atoms with E-state index in [-0.39, 0.29) is 28.5 Å². The van der Waals surface area contributed by atoms with Gasteiger partial charge in [-0.15, -0.1) is 11.3 Å². The van der Waals surface area contributed by atoms with E-state index in [0.29, 0.717) is 28.6 Å². The van der Waals surface area contributed by atoms with Crippen LogP contribution in [0.15, 0.2) is 98.0 Å². The van der Waals surface area contributed by atoms with Gasteiger partial charge in [-0.3, -0.25) is 9.10 Å². The first-order valence-electron chi connectivity index (χ1n) is 16.3. The fourth-order valence-corrected chi connectivity index (χ4v) is 10.2. The topological polar surface area (TPSA) is 111 Å². The molecule has 1 N–H and O–H groups in total. The maximum absolute atomic E-state index is 14.6. The van der Waals surface area contributed by atoms with Crippen LogP contribution >= 0.6 is 27.3 Å². The second-order valence-corrected chi connectivity index (χ2v) is 16.5. The van der Waals surface area contributed by atoms with Crippen molar-refractivity contribution in [3.63, 3.8) is 0 Å². The zero-order valence-corrected chi connectivity index (χ0v) is 30.2. The lowest BCUT2D eigenvalue weighted by atomic mass is 9.77. The summed E-state index contributed by atoms with van der Waals surface area (Å²) in [5.41, 5.74) is 3.20. The summed E-state index contributed by atoms with van der Waals surface area (Å²) in [7, 11) is -4.10. The Bertz CT molecular complexity index is 2140. The first-order valence-corrected chi connectivity index (χ1v) is 19.4. The molecule has 3 aromatic carbocycles. The number of carbonyl (C=O) groups excluding carboxylic acids is 1. The number of furan rings is 1. The van der Waals surface area contributed by atoms with Crippen LogP contribution < -0.4 is 9.21 Å². The number of anilines is 2. The number of halogens is 1. The fraction of sp³-hybridized carbons (Fsp3) is 0.297. The number of carbonyl (C=O) groups is 2. The van der Waals surface area contributed by atoms with Gasteiger partial charge in [0.1, 0.15) is 10.5 Å². The van der Waals surface area contributed by atoms with Crippen molar-refractivity contribution in [3.8, 4) is 0 Å². The summed E-state index contributed by atoms with van der Waals surface area (Å²) in [6, 6.07) is 23.9. The first kappa shape index (κ1) is 33.4. The van der Waals surface area contributed by atoms with Crippen LogP contribution in [0.3, 0.4) is 0 Å². The second-order valence-electron chi connectivity index (χ2n) is 12.9.